The van der Waals surface area contributed by atoms with Gasteiger partial charge in [-0.25, -0.2) is 0 Å². The summed E-state index contributed by atoms with van der Waals surface area (Å²) in [5.74, 6) is 0. The molecule has 0 bridgehead atoms. The average Bonchev–Trinajstić information content (AvgIpc) is 2.19. The normalized spacial score (nSPS) is 9.92. The first-order valence-electron chi connectivity index (χ1n) is 4.55. The quantitative estimate of drug-likeness (QED) is 0.438. The zero-order valence-electron chi connectivity index (χ0n) is 7.82. The van der Waals surface area contributed by atoms with Crippen LogP contribution in [0.25, 0.3) is 0 Å². The first-order valence-corrected chi connectivity index (χ1v) is 6.62. The minimum absolute atomic E-state index is 0.480. The van der Waals surface area contributed by atoms with Crippen LogP contribution in [0, 0.1) is 0 Å². The fourth-order valence-corrected chi connectivity index (χ4v) is 3.37. The number of hydrogen-bond acceptors (Lipinski definition) is 1. The summed E-state index contributed by atoms with van der Waals surface area (Å²) < 4.78 is 1.25. The summed E-state index contributed by atoms with van der Waals surface area (Å²) in [7, 11) is 0. The first kappa shape index (κ1) is 10.5. The second-order valence-corrected chi connectivity index (χ2v) is 5.24. The Hall–Kier alpha value is -0.591. The summed E-state index contributed by atoms with van der Waals surface area (Å²) in [4.78, 5) is 10.7. The van der Waals surface area contributed by atoms with E-state index in [0.29, 0.717) is 15.0 Å². The van der Waals surface area contributed by atoms with E-state index in [4.69, 9.17) is 0 Å². The van der Waals surface area contributed by atoms with Crippen molar-refractivity contribution in [3.05, 3.63) is 29.8 Å². The molecule has 1 nitrogen and oxygen atoms in total. The predicted octanol–water partition coefficient (Wildman–Crippen LogP) is 2.05. The SMILES string of the molecule is CCCC[Se]c1ccccc1C=O. The van der Waals surface area contributed by atoms with Crippen LogP contribution in [0.15, 0.2) is 24.3 Å². The molecule has 0 amide bonds. The van der Waals surface area contributed by atoms with Crippen LogP contribution in [0.2, 0.25) is 5.32 Å². The number of carbonyl (C=O) groups excluding carboxylic acids is 1. The van der Waals surface area contributed by atoms with Crippen LogP contribution in [0.4, 0.5) is 0 Å². The molecule has 1 rings (SSSR count). The van der Waals surface area contributed by atoms with Crippen LogP contribution < -0.4 is 4.46 Å². The molecule has 70 valence electrons. The van der Waals surface area contributed by atoms with Gasteiger partial charge in [-0.2, -0.15) is 0 Å². The summed E-state index contributed by atoms with van der Waals surface area (Å²) in [5.41, 5.74) is 0.874. The Morgan fingerprint density at radius 2 is 2.15 bits per heavy atom. The number of benzene rings is 1. The van der Waals surface area contributed by atoms with Crippen molar-refractivity contribution in [2.45, 2.75) is 25.1 Å². The zero-order valence-corrected chi connectivity index (χ0v) is 9.54. The molecule has 1 aromatic rings. The molecular weight excluding hydrogens is 227 g/mol. The molecule has 13 heavy (non-hydrogen) atoms. The van der Waals surface area contributed by atoms with E-state index in [-0.39, 0.29) is 0 Å². The van der Waals surface area contributed by atoms with E-state index in [1.165, 1.54) is 22.6 Å². The van der Waals surface area contributed by atoms with Crippen molar-refractivity contribution in [3.8, 4) is 0 Å². The number of unbranched alkanes of at least 4 members (excludes halogenated alkanes) is 1. The Labute approximate surface area is 85.7 Å². The maximum absolute atomic E-state index is 10.7. The fourth-order valence-electron chi connectivity index (χ4n) is 1.04. The van der Waals surface area contributed by atoms with Crippen LogP contribution in [0.1, 0.15) is 30.1 Å². The van der Waals surface area contributed by atoms with Crippen LogP contribution in [-0.2, 0) is 0 Å². The van der Waals surface area contributed by atoms with Gasteiger partial charge in [-0.15, -0.1) is 0 Å². The van der Waals surface area contributed by atoms with Crippen LogP contribution in [-0.4, -0.2) is 21.2 Å². The number of carbonyl (C=O) groups is 1. The minimum atomic E-state index is 0.480. The molecule has 0 saturated carbocycles. The van der Waals surface area contributed by atoms with Gasteiger partial charge in [0.05, 0.1) is 0 Å². The summed E-state index contributed by atoms with van der Waals surface area (Å²) in [6.07, 6.45) is 3.47. The third-order valence-corrected chi connectivity index (χ3v) is 4.27. The molecule has 0 atom stereocenters. The number of aldehydes is 1. The molecule has 0 N–H and O–H groups in total. The van der Waals surface area contributed by atoms with Crippen molar-refractivity contribution in [1.82, 2.24) is 0 Å². The van der Waals surface area contributed by atoms with Gasteiger partial charge >= 0.3 is 85.4 Å². The van der Waals surface area contributed by atoms with Crippen molar-refractivity contribution >= 4 is 25.7 Å². The van der Waals surface area contributed by atoms with Crippen LogP contribution in [0.3, 0.4) is 0 Å². The molecule has 0 spiro atoms. The topological polar surface area (TPSA) is 17.1 Å². The van der Waals surface area contributed by atoms with Gasteiger partial charge < -0.3 is 0 Å². The Bertz CT molecular complexity index is 271. The van der Waals surface area contributed by atoms with Gasteiger partial charge in [-0.05, 0) is 0 Å². The summed E-state index contributed by atoms with van der Waals surface area (Å²) in [5, 5.41) is 1.24. The number of hydrogen-bond donors (Lipinski definition) is 0. The maximum atomic E-state index is 10.7. The Morgan fingerprint density at radius 3 is 2.85 bits per heavy atom. The van der Waals surface area contributed by atoms with Crippen molar-refractivity contribution in [1.29, 1.82) is 0 Å². The second kappa shape index (κ2) is 5.95. The van der Waals surface area contributed by atoms with Gasteiger partial charge in [0.2, 0.25) is 0 Å². The monoisotopic (exact) mass is 242 g/mol. The molecule has 0 heterocycles. The summed E-state index contributed by atoms with van der Waals surface area (Å²) in [6, 6.07) is 7.90. The summed E-state index contributed by atoms with van der Waals surface area (Å²) >= 11 is 0.480. The van der Waals surface area contributed by atoms with Gasteiger partial charge in [0.1, 0.15) is 0 Å². The molecule has 2 heteroatoms. The van der Waals surface area contributed by atoms with Crippen LogP contribution in [0.5, 0.6) is 0 Å². The fraction of sp³-hybridized carbons (Fsp3) is 0.364. The van der Waals surface area contributed by atoms with Crippen LogP contribution >= 0.6 is 0 Å². The molecule has 0 aliphatic carbocycles. The molecule has 0 fully saturated rings. The standard InChI is InChI=1S/C11H14OSe/c1-2-3-8-13-11-7-5-4-6-10(11)9-12/h4-7,9H,2-3,8H2,1H3. The van der Waals surface area contributed by atoms with E-state index in [0.717, 1.165) is 11.8 Å². The molecule has 0 aromatic heterocycles. The third-order valence-electron chi connectivity index (χ3n) is 1.80. The molecule has 0 unspecified atom stereocenters. The van der Waals surface area contributed by atoms with Crippen molar-refractivity contribution < 1.29 is 4.79 Å². The van der Waals surface area contributed by atoms with Crippen molar-refractivity contribution in [2.75, 3.05) is 0 Å². The molecule has 0 aliphatic heterocycles. The predicted molar refractivity (Wildman–Crippen MR) is 56.9 cm³/mol. The van der Waals surface area contributed by atoms with E-state index < -0.39 is 0 Å². The van der Waals surface area contributed by atoms with Gasteiger partial charge in [-0.1, -0.05) is 0 Å². The average molecular weight is 241 g/mol. The van der Waals surface area contributed by atoms with Gasteiger partial charge in [-0.3, -0.25) is 0 Å². The number of rotatable bonds is 5. The Kier molecular flexibility index (Phi) is 4.80. The second-order valence-electron chi connectivity index (χ2n) is 2.86. The van der Waals surface area contributed by atoms with Gasteiger partial charge in [0, 0.05) is 0 Å². The van der Waals surface area contributed by atoms with Crippen molar-refractivity contribution in [3.63, 3.8) is 0 Å². The molecule has 0 saturated heterocycles. The van der Waals surface area contributed by atoms with E-state index >= 15 is 0 Å². The third kappa shape index (κ3) is 3.33. The van der Waals surface area contributed by atoms with Gasteiger partial charge in [0.25, 0.3) is 0 Å². The molecule has 0 aliphatic rings. The Morgan fingerprint density at radius 1 is 1.38 bits per heavy atom. The first-order chi connectivity index (χ1) is 6.38. The zero-order chi connectivity index (χ0) is 9.52. The van der Waals surface area contributed by atoms with E-state index in [1.54, 1.807) is 0 Å². The van der Waals surface area contributed by atoms with E-state index in [1.807, 2.05) is 18.2 Å². The Balaban J connectivity index is 2.59. The molecule has 0 radical (unpaired) electrons. The van der Waals surface area contributed by atoms with E-state index in [9.17, 15) is 4.79 Å². The van der Waals surface area contributed by atoms with Crippen molar-refractivity contribution in [2.24, 2.45) is 0 Å². The van der Waals surface area contributed by atoms with E-state index in [2.05, 4.69) is 13.0 Å². The van der Waals surface area contributed by atoms with Gasteiger partial charge in [0.15, 0.2) is 0 Å². The molecular formula is C11H14OSe. The summed E-state index contributed by atoms with van der Waals surface area (Å²) in [6.45, 7) is 2.20. The molecule has 1 aromatic carbocycles.